The maximum absolute atomic E-state index is 14.3. The number of carbonyl (C=O) groups is 5. The number of nitrogens with two attached hydrogens (primary N) is 1. The topological polar surface area (TPSA) is 224 Å². The van der Waals surface area contributed by atoms with Crippen LogP contribution in [0.3, 0.4) is 0 Å². The zero-order valence-electron chi connectivity index (χ0n) is 34.9. The Bertz CT molecular complexity index is 2140. The second-order valence-corrected chi connectivity index (χ2v) is 16.8. The van der Waals surface area contributed by atoms with Crippen molar-refractivity contribution in [3.8, 4) is 5.75 Å². The second-order valence-electron chi connectivity index (χ2n) is 14.9. The molecule has 5 N–H and O–H groups in total. The molecule has 1 heterocycles. The Kier molecular flexibility index (Phi) is 26.2. The molecule has 3 aromatic carbocycles. The number of hydrogen-bond acceptors (Lipinski definition) is 11. The molecule has 0 aliphatic carbocycles. The molecule has 1 aromatic heterocycles. The Labute approximate surface area is 402 Å². The molecule has 0 radical (unpaired) electrons. The lowest BCUT2D eigenvalue weighted by Gasteiger charge is -2.26. The lowest BCUT2D eigenvalue weighted by atomic mass is 9.88. The Morgan fingerprint density at radius 2 is 1.45 bits per heavy atom. The van der Waals surface area contributed by atoms with Crippen LogP contribution < -0.4 is 16.4 Å². The number of thiazole rings is 1. The Morgan fingerprint density at radius 1 is 0.871 bits per heavy atom. The summed E-state index contributed by atoms with van der Waals surface area (Å²) < 4.78 is 1.65. The molecule has 2 amide bonds. The number of aromatic hydroxyl groups is 1. The van der Waals surface area contributed by atoms with E-state index in [0.717, 1.165) is 26.9 Å². The van der Waals surface area contributed by atoms with E-state index in [4.69, 9.17) is 5.73 Å². The Hall–Kier alpha value is -3.95. The van der Waals surface area contributed by atoms with Crippen molar-refractivity contribution in [3.05, 3.63) is 97.5 Å². The smallest absolute Gasteiger partial charge is 0.310 e. The molecule has 4 aromatic rings. The molecule has 0 saturated carbocycles. The third-order valence-electron chi connectivity index (χ3n) is 9.40. The largest absolute Gasteiger partial charge is 0.502 e. The third kappa shape index (κ3) is 18.0. The summed E-state index contributed by atoms with van der Waals surface area (Å²) in [6.07, 6.45) is 0.520. The molecule has 0 aliphatic heterocycles. The SMILES string of the molecule is CC(=O)C[C@@H](Cc1ccc(O)c([N+](=O)[O-])c1)C(=O)N[C@@H](CC(C)C)C(=O)C[C@@H](Cc1ccc(Br)cc1)C(=O)N[C@@H](CCCN=C(C)N)C(=O)c1nc2ccccc2s1.S.S.S.S. The first-order valence-corrected chi connectivity index (χ1v) is 20.6. The number of amidine groups is 1. The number of Topliss-reactive ketones (excluding diaryl/α,β-unsaturated/α-hetero) is 3. The minimum atomic E-state index is -1.03. The highest BCUT2D eigenvalue weighted by Gasteiger charge is 2.33. The maximum Gasteiger partial charge on any atom is 0.310 e. The highest BCUT2D eigenvalue weighted by atomic mass is 79.9. The van der Waals surface area contributed by atoms with Gasteiger partial charge >= 0.3 is 5.69 Å². The van der Waals surface area contributed by atoms with Gasteiger partial charge in [0.1, 0.15) is 5.78 Å². The Balaban J connectivity index is 0.00000930. The monoisotopic (exact) mass is 1010 g/mol. The first-order chi connectivity index (χ1) is 27.5. The molecule has 0 bridgehead atoms. The van der Waals surface area contributed by atoms with E-state index in [1.54, 1.807) is 6.92 Å². The first-order valence-electron chi connectivity index (χ1n) is 19.0. The van der Waals surface area contributed by atoms with Gasteiger partial charge in [0.25, 0.3) is 0 Å². The number of hydrogen-bond donors (Lipinski definition) is 4. The van der Waals surface area contributed by atoms with E-state index in [2.05, 4.69) is 36.5 Å². The fourth-order valence-corrected chi connectivity index (χ4v) is 7.77. The Morgan fingerprint density at radius 3 is 2.03 bits per heavy atom. The quantitative estimate of drug-likeness (QED) is 0.0156. The van der Waals surface area contributed by atoms with Crippen molar-refractivity contribution in [1.29, 1.82) is 0 Å². The highest BCUT2D eigenvalue weighted by Crippen LogP contribution is 2.29. The average Bonchev–Trinajstić information content (AvgIpc) is 3.60. The van der Waals surface area contributed by atoms with E-state index in [0.29, 0.717) is 29.9 Å². The number of para-hydroxylation sites is 1. The van der Waals surface area contributed by atoms with Crippen molar-refractivity contribution >= 4 is 132 Å². The van der Waals surface area contributed by atoms with Crippen LogP contribution in [-0.2, 0) is 32.0 Å². The summed E-state index contributed by atoms with van der Waals surface area (Å²) in [6, 6.07) is 16.4. The van der Waals surface area contributed by atoms with Crippen LogP contribution in [0.15, 0.2) is 76.2 Å². The molecule has 0 fully saturated rings. The van der Waals surface area contributed by atoms with E-state index in [1.165, 1.54) is 24.3 Å². The number of phenols is 1. The summed E-state index contributed by atoms with van der Waals surface area (Å²) in [5.74, 6) is -4.32. The number of nitro benzene ring substituents is 1. The first kappa shape index (κ1) is 58.0. The molecular formula is C42H57BrN6O8S5. The third-order valence-corrected chi connectivity index (χ3v) is 11.0. The van der Waals surface area contributed by atoms with E-state index in [9.17, 15) is 39.2 Å². The number of aromatic nitrogens is 1. The molecular weight excluding hydrogens is 957 g/mol. The number of halogens is 1. The number of nitrogens with one attached hydrogen (secondary N) is 2. The number of rotatable bonds is 22. The summed E-state index contributed by atoms with van der Waals surface area (Å²) in [6.45, 7) is 7.10. The van der Waals surface area contributed by atoms with Crippen LogP contribution >= 0.6 is 81.2 Å². The van der Waals surface area contributed by atoms with Gasteiger partial charge in [0.05, 0.1) is 33.1 Å². The number of nitro groups is 1. The summed E-state index contributed by atoms with van der Waals surface area (Å²) >= 11 is 4.66. The molecule has 0 saturated heterocycles. The zero-order valence-corrected chi connectivity index (χ0v) is 41.3. The van der Waals surface area contributed by atoms with Crippen LogP contribution in [0.25, 0.3) is 10.2 Å². The number of amides is 2. The van der Waals surface area contributed by atoms with Gasteiger partial charge in [-0.3, -0.25) is 34.3 Å². The van der Waals surface area contributed by atoms with Crippen LogP contribution in [-0.4, -0.2) is 68.6 Å². The summed E-state index contributed by atoms with van der Waals surface area (Å²) in [5.41, 5.74) is 6.98. The van der Waals surface area contributed by atoms with Gasteiger partial charge in [0.2, 0.25) is 17.6 Å². The van der Waals surface area contributed by atoms with Gasteiger partial charge in [-0.25, -0.2) is 4.98 Å². The van der Waals surface area contributed by atoms with Gasteiger partial charge in [-0.1, -0.05) is 60.1 Å². The molecule has 0 unspecified atom stereocenters. The molecule has 62 heavy (non-hydrogen) atoms. The van der Waals surface area contributed by atoms with Gasteiger partial charge in [-0.05, 0) is 93.3 Å². The fraction of sp³-hybridized carbons (Fsp3) is 0.405. The average molecular weight is 1010 g/mol. The maximum atomic E-state index is 14.3. The van der Waals surface area contributed by atoms with Crippen LogP contribution in [0, 0.1) is 27.9 Å². The van der Waals surface area contributed by atoms with Crippen LogP contribution in [0.2, 0.25) is 0 Å². The molecule has 4 rings (SSSR count). The summed E-state index contributed by atoms with van der Waals surface area (Å²) in [5, 5.41) is 27.4. The summed E-state index contributed by atoms with van der Waals surface area (Å²) in [7, 11) is 0. The van der Waals surface area contributed by atoms with Gasteiger partial charge < -0.3 is 26.3 Å². The highest BCUT2D eigenvalue weighted by molar-refractivity contribution is 9.10. The van der Waals surface area contributed by atoms with E-state index < -0.39 is 57.9 Å². The number of benzene rings is 3. The molecule has 340 valence electrons. The fourth-order valence-electron chi connectivity index (χ4n) is 6.55. The van der Waals surface area contributed by atoms with Crippen molar-refractivity contribution < 1.29 is 34.0 Å². The van der Waals surface area contributed by atoms with Gasteiger partial charge in [0.15, 0.2) is 16.5 Å². The summed E-state index contributed by atoms with van der Waals surface area (Å²) in [4.78, 5) is 88.2. The van der Waals surface area contributed by atoms with Crippen LogP contribution in [0.1, 0.15) is 80.7 Å². The van der Waals surface area contributed by atoms with Crippen LogP contribution in [0.5, 0.6) is 5.75 Å². The van der Waals surface area contributed by atoms with Gasteiger partial charge in [-0.2, -0.15) is 54.0 Å². The minimum absolute atomic E-state index is 0. The molecule has 14 nitrogen and oxygen atoms in total. The van der Waals surface area contributed by atoms with Crippen molar-refractivity contribution in [1.82, 2.24) is 15.6 Å². The number of aliphatic imine (C=N–C) groups is 1. The number of nitrogens with zero attached hydrogens (tertiary/aromatic N) is 3. The molecule has 0 spiro atoms. The number of phenolic OH excluding ortho intramolecular Hbond substituents is 1. The van der Waals surface area contributed by atoms with Crippen molar-refractivity contribution in [3.63, 3.8) is 0 Å². The van der Waals surface area contributed by atoms with Gasteiger partial charge in [0, 0.05) is 41.8 Å². The van der Waals surface area contributed by atoms with E-state index in [1.807, 2.05) is 62.4 Å². The van der Waals surface area contributed by atoms with E-state index in [-0.39, 0.29) is 115 Å². The number of fused-ring (bicyclic) bond motifs is 1. The lowest BCUT2D eigenvalue weighted by Crippen LogP contribution is -2.48. The second kappa shape index (κ2) is 28.0. The van der Waals surface area contributed by atoms with Crippen molar-refractivity contribution in [2.24, 2.45) is 28.5 Å². The molecule has 0 aliphatic rings. The number of carbonyl (C=O) groups excluding carboxylic acids is 5. The number of ketones is 3. The van der Waals surface area contributed by atoms with Crippen molar-refractivity contribution in [2.75, 3.05) is 6.54 Å². The van der Waals surface area contributed by atoms with Crippen molar-refractivity contribution in [2.45, 2.75) is 84.7 Å². The predicted molar refractivity (Wildman–Crippen MR) is 268 cm³/mol. The lowest BCUT2D eigenvalue weighted by molar-refractivity contribution is -0.385. The molecule has 20 heteroatoms. The van der Waals surface area contributed by atoms with E-state index >= 15 is 0 Å². The van der Waals surface area contributed by atoms with Gasteiger partial charge in [-0.15, -0.1) is 11.3 Å². The standard InChI is InChI=1S/C42H49BrN6O8S.4H2S/c1-24(2)18-34(47-40(54)29(19-25(3)50)21-28-13-16-36(51)35(22-28)49(56)57)37(52)23-30(20-27-11-14-31(43)15-12-27)41(55)46-33(9-7-17-45-26(4)44)39(53)42-48-32-8-5-6-10-38(32)58-42;;;;/h5-6,8,10-16,22,24,29-30,33-34,51H,7,9,17-21,23H2,1-4H3,(H2,44,45)(H,46,55)(H,47,54);4*1H2/t29-,30+,33-,34-;;;;/m0..../s1. The normalized spacial score (nSPS) is 12.8. The predicted octanol–water partition coefficient (Wildman–Crippen LogP) is 7.14. The molecule has 4 atom stereocenters. The van der Waals surface area contributed by atoms with Crippen LogP contribution in [0.4, 0.5) is 5.69 Å². The zero-order chi connectivity index (χ0) is 42.5. The minimum Gasteiger partial charge on any atom is -0.502 e.